The van der Waals surface area contributed by atoms with E-state index in [1.54, 1.807) is 25.3 Å². The third-order valence-corrected chi connectivity index (χ3v) is 3.86. The topological polar surface area (TPSA) is 55.6 Å². The molecule has 1 aliphatic rings. The van der Waals surface area contributed by atoms with E-state index in [0.717, 1.165) is 13.0 Å². The molecule has 2 rings (SSSR count). The van der Waals surface area contributed by atoms with E-state index in [9.17, 15) is 4.79 Å². The van der Waals surface area contributed by atoms with Crippen LogP contribution >= 0.6 is 0 Å². The first-order valence-electron chi connectivity index (χ1n) is 6.77. The highest BCUT2D eigenvalue weighted by molar-refractivity contribution is 5.95. The number of ether oxygens (including phenoxy) is 1. The van der Waals surface area contributed by atoms with E-state index in [0.29, 0.717) is 29.0 Å². The molecule has 104 valence electrons. The molecule has 4 nitrogen and oxygen atoms in total. The van der Waals surface area contributed by atoms with Gasteiger partial charge in [0.15, 0.2) is 0 Å². The van der Waals surface area contributed by atoms with Crippen LogP contribution in [0.5, 0.6) is 5.75 Å². The predicted molar refractivity (Wildman–Crippen MR) is 76.3 cm³/mol. The number of rotatable bonds is 2. The maximum Gasteiger partial charge on any atom is 0.254 e. The largest absolute Gasteiger partial charge is 0.495 e. The number of nitrogens with two attached hydrogens (primary N) is 1. The molecule has 2 N–H and O–H groups in total. The zero-order valence-electron chi connectivity index (χ0n) is 11.8. The van der Waals surface area contributed by atoms with Crippen molar-refractivity contribution >= 4 is 11.6 Å². The van der Waals surface area contributed by atoms with Crippen molar-refractivity contribution < 1.29 is 9.53 Å². The average molecular weight is 262 g/mol. The number of amides is 1. The number of hydrogen-bond acceptors (Lipinski definition) is 3. The lowest BCUT2D eigenvalue weighted by Gasteiger charge is -2.37. The van der Waals surface area contributed by atoms with Crippen molar-refractivity contribution in [1.29, 1.82) is 0 Å². The lowest BCUT2D eigenvalue weighted by Crippen LogP contribution is -2.44. The standard InChI is InChI=1S/C15H22N2O2/c1-10-4-5-11(2)17(9-10)15(18)12-6-7-14(19-3)13(16)8-12/h6-8,10-11H,4-5,9,16H2,1-3H3. The van der Waals surface area contributed by atoms with E-state index >= 15 is 0 Å². The molecule has 1 aromatic rings. The molecule has 1 amide bonds. The summed E-state index contributed by atoms with van der Waals surface area (Å²) in [5.41, 5.74) is 7.01. The fraction of sp³-hybridized carbons (Fsp3) is 0.533. The van der Waals surface area contributed by atoms with Crippen LogP contribution < -0.4 is 10.5 Å². The van der Waals surface area contributed by atoms with E-state index in [-0.39, 0.29) is 5.91 Å². The van der Waals surface area contributed by atoms with Crippen LogP contribution in [0, 0.1) is 5.92 Å². The van der Waals surface area contributed by atoms with E-state index in [1.807, 2.05) is 4.90 Å². The van der Waals surface area contributed by atoms with Gasteiger partial charge in [-0.3, -0.25) is 4.79 Å². The zero-order valence-corrected chi connectivity index (χ0v) is 11.8. The van der Waals surface area contributed by atoms with Gasteiger partial charge in [0.25, 0.3) is 5.91 Å². The summed E-state index contributed by atoms with van der Waals surface area (Å²) in [6.07, 6.45) is 2.26. The number of anilines is 1. The van der Waals surface area contributed by atoms with E-state index < -0.39 is 0 Å². The van der Waals surface area contributed by atoms with Crippen LogP contribution in [0.4, 0.5) is 5.69 Å². The van der Waals surface area contributed by atoms with Crippen molar-refractivity contribution in [3.05, 3.63) is 23.8 Å². The first kappa shape index (κ1) is 13.7. The number of nitrogens with zero attached hydrogens (tertiary/aromatic N) is 1. The summed E-state index contributed by atoms with van der Waals surface area (Å²) >= 11 is 0. The monoisotopic (exact) mass is 262 g/mol. The highest BCUT2D eigenvalue weighted by Crippen LogP contribution is 2.26. The lowest BCUT2D eigenvalue weighted by atomic mass is 9.94. The van der Waals surface area contributed by atoms with Crippen molar-refractivity contribution in [1.82, 2.24) is 4.90 Å². The quantitative estimate of drug-likeness (QED) is 0.833. The maximum atomic E-state index is 12.5. The lowest BCUT2D eigenvalue weighted by molar-refractivity contribution is 0.0574. The Labute approximate surface area is 114 Å². The molecule has 0 aromatic heterocycles. The smallest absolute Gasteiger partial charge is 0.254 e. The average Bonchev–Trinajstić information content (AvgIpc) is 2.40. The summed E-state index contributed by atoms with van der Waals surface area (Å²) in [4.78, 5) is 14.5. The summed E-state index contributed by atoms with van der Waals surface area (Å²) in [5, 5.41) is 0. The second kappa shape index (κ2) is 5.51. The molecule has 1 heterocycles. The van der Waals surface area contributed by atoms with Gasteiger partial charge in [-0.15, -0.1) is 0 Å². The second-order valence-corrected chi connectivity index (χ2v) is 5.45. The van der Waals surface area contributed by atoms with Gasteiger partial charge in [-0.25, -0.2) is 0 Å². The summed E-state index contributed by atoms with van der Waals surface area (Å²) in [6, 6.07) is 5.53. The summed E-state index contributed by atoms with van der Waals surface area (Å²) in [6.45, 7) is 5.12. The predicted octanol–water partition coefficient (Wildman–Crippen LogP) is 2.54. The van der Waals surface area contributed by atoms with Gasteiger partial charge in [0.2, 0.25) is 0 Å². The van der Waals surface area contributed by atoms with Crippen LogP contribution in [-0.4, -0.2) is 30.5 Å². The molecule has 0 saturated carbocycles. The number of methoxy groups -OCH3 is 1. The number of carbonyl (C=O) groups excluding carboxylic acids is 1. The van der Waals surface area contributed by atoms with Crippen LogP contribution in [0.15, 0.2) is 18.2 Å². The minimum absolute atomic E-state index is 0.0633. The van der Waals surface area contributed by atoms with E-state index in [2.05, 4.69) is 13.8 Å². The fourth-order valence-corrected chi connectivity index (χ4v) is 2.60. The minimum Gasteiger partial charge on any atom is -0.495 e. The van der Waals surface area contributed by atoms with Gasteiger partial charge in [-0.05, 0) is 43.9 Å². The number of piperidine rings is 1. The third-order valence-electron chi connectivity index (χ3n) is 3.86. The molecule has 1 saturated heterocycles. The SMILES string of the molecule is COc1ccc(C(=O)N2CC(C)CCC2C)cc1N. The zero-order chi connectivity index (χ0) is 14.0. The van der Waals surface area contributed by atoms with Crippen molar-refractivity contribution in [2.75, 3.05) is 19.4 Å². The van der Waals surface area contributed by atoms with Gasteiger partial charge in [-0.1, -0.05) is 6.92 Å². The van der Waals surface area contributed by atoms with Crippen molar-refractivity contribution in [3.63, 3.8) is 0 Å². The molecule has 19 heavy (non-hydrogen) atoms. The first-order chi connectivity index (χ1) is 9.02. The molecule has 2 unspecified atom stereocenters. The number of likely N-dealkylation sites (tertiary alicyclic amines) is 1. The molecule has 0 spiro atoms. The van der Waals surface area contributed by atoms with Gasteiger partial charge in [-0.2, -0.15) is 0 Å². The first-order valence-corrected chi connectivity index (χ1v) is 6.77. The van der Waals surface area contributed by atoms with Crippen LogP contribution in [-0.2, 0) is 0 Å². The van der Waals surface area contributed by atoms with Crippen LogP contribution in [0.3, 0.4) is 0 Å². The highest BCUT2D eigenvalue weighted by Gasteiger charge is 2.27. The van der Waals surface area contributed by atoms with Gasteiger partial charge < -0.3 is 15.4 Å². The Bertz CT molecular complexity index is 473. The van der Waals surface area contributed by atoms with E-state index in [4.69, 9.17) is 10.5 Å². The summed E-state index contributed by atoms with van der Waals surface area (Å²) in [5.74, 6) is 1.24. The Hall–Kier alpha value is -1.71. The molecule has 4 heteroatoms. The molecule has 1 aliphatic heterocycles. The van der Waals surface area contributed by atoms with Crippen molar-refractivity contribution in [3.8, 4) is 5.75 Å². The Morgan fingerprint density at radius 3 is 2.74 bits per heavy atom. The molecular formula is C15H22N2O2. The molecular weight excluding hydrogens is 240 g/mol. The molecule has 2 atom stereocenters. The van der Waals surface area contributed by atoms with Gasteiger partial charge >= 0.3 is 0 Å². The molecule has 0 aliphatic carbocycles. The normalized spacial score (nSPS) is 23.2. The second-order valence-electron chi connectivity index (χ2n) is 5.45. The minimum atomic E-state index is 0.0633. The van der Waals surface area contributed by atoms with Crippen LogP contribution in [0.1, 0.15) is 37.0 Å². The Morgan fingerprint density at radius 1 is 1.37 bits per heavy atom. The number of hydrogen-bond donors (Lipinski definition) is 1. The number of benzene rings is 1. The van der Waals surface area contributed by atoms with Crippen molar-refractivity contribution in [2.45, 2.75) is 32.7 Å². The molecule has 1 fully saturated rings. The molecule has 0 radical (unpaired) electrons. The molecule has 1 aromatic carbocycles. The fourth-order valence-electron chi connectivity index (χ4n) is 2.60. The Balaban J connectivity index is 2.21. The number of carbonyl (C=O) groups is 1. The third kappa shape index (κ3) is 2.83. The molecule has 0 bridgehead atoms. The number of nitrogen functional groups attached to an aromatic ring is 1. The summed E-state index contributed by atoms with van der Waals surface area (Å²) < 4.78 is 5.11. The van der Waals surface area contributed by atoms with Gasteiger partial charge in [0.1, 0.15) is 5.75 Å². The Kier molecular flexibility index (Phi) is 3.98. The van der Waals surface area contributed by atoms with Gasteiger partial charge in [0.05, 0.1) is 12.8 Å². The van der Waals surface area contributed by atoms with Crippen molar-refractivity contribution in [2.24, 2.45) is 5.92 Å². The Morgan fingerprint density at radius 2 is 2.11 bits per heavy atom. The van der Waals surface area contributed by atoms with Gasteiger partial charge in [0, 0.05) is 18.2 Å². The van der Waals surface area contributed by atoms with E-state index in [1.165, 1.54) is 6.42 Å². The summed E-state index contributed by atoms with van der Waals surface area (Å²) in [7, 11) is 1.57. The maximum absolute atomic E-state index is 12.5. The van der Waals surface area contributed by atoms with Crippen LogP contribution in [0.2, 0.25) is 0 Å². The highest BCUT2D eigenvalue weighted by atomic mass is 16.5. The van der Waals surface area contributed by atoms with Crippen LogP contribution in [0.25, 0.3) is 0 Å².